The molecule has 5 rings (SSSR count). The van der Waals surface area contributed by atoms with Crippen LogP contribution in [0.3, 0.4) is 0 Å². The Morgan fingerprint density at radius 1 is 0.969 bits per heavy atom. The van der Waals surface area contributed by atoms with E-state index in [1.807, 2.05) is 72.8 Å². The number of terminal acetylenes is 1. The molecule has 4 aromatic carbocycles. The van der Waals surface area contributed by atoms with Crippen molar-refractivity contribution in [1.29, 1.82) is 0 Å². The number of amides is 1. The number of benzene rings is 4. The number of hydrazone groups is 1. The summed E-state index contributed by atoms with van der Waals surface area (Å²) in [5.41, 5.74) is 3.93. The number of carbonyl (C=O) groups is 1. The minimum atomic E-state index is -0.437. The number of furan rings is 1. The van der Waals surface area contributed by atoms with Gasteiger partial charge in [0.1, 0.15) is 17.9 Å². The van der Waals surface area contributed by atoms with Gasteiger partial charge in [0.25, 0.3) is 0 Å². The average molecular weight is 418 g/mol. The Morgan fingerprint density at radius 2 is 1.69 bits per heavy atom. The number of rotatable bonds is 5. The molecule has 0 saturated heterocycles. The Hall–Kier alpha value is -4.56. The van der Waals surface area contributed by atoms with Crippen LogP contribution in [0.2, 0.25) is 0 Å². The van der Waals surface area contributed by atoms with E-state index in [4.69, 9.17) is 15.6 Å². The first-order chi connectivity index (χ1) is 15.7. The Morgan fingerprint density at radius 3 is 2.50 bits per heavy atom. The first kappa shape index (κ1) is 19.4. The molecule has 0 spiro atoms. The van der Waals surface area contributed by atoms with E-state index in [0.29, 0.717) is 11.3 Å². The number of nitrogens with one attached hydrogen (secondary N) is 1. The highest BCUT2D eigenvalue weighted by molar-refractivity contribution is 6.09. The monoisotopic (exact) mass is 418 g/mol. The van der Waals surface area contributed by atoms with Crippen molar-refractivity contribution < 1.29 is 13.9 Å². The highest BCUT2D eigenvalue weighted by Crippen LogP contribution is 2.29. The number of fused-ring (bicyclic) bond motifs is 4. The molecule has 0 fully saturated rings. The van der Waals surface area contributed by atoms with Crippen molar-refractivity contribution >= 4 is 44.6 Å². The van der Waals surface area contributed by atoms with Gasteiger partial charge in [-0.05, 0) is 39.7 Å². The molecule has 5 nitrogen and oxygen atoms in total. The highest BCUT2D eigenvalue weighted by Gasteiger charge is 2.14. The van der Waals surface area contributed by atoms with Crippen LogP contribution in [0.15, 0.2) is 88.4 Å². The van der Waals surface area contributed by atoms with Gasteiger partial charge in [-0.3, -0.25) is 4.79 Å². The molecule has 0 radical (unpaired) electrons. The SMILES string of the molecule is C#CCOc1ccc2ccccc2c1C=NNC(=O)c1cc2c(ccc3ccccc32)o1. The van der Waals surface area contributed by atoms with Crippen molar-refractivity contribution in [1.82, 2.24) is 5.43 Å². The van der Waals surface area contributed by atoms with Crippen molar-refractivity contribution in [3.05, 3.63) is 90.2 Å². The van der Waals surface area contributed by atoms with Gasteiger partial charge in [-0.15, -0.1) is 6.42 Å². The van der Waals surface area contributed by atoms with Gasteiger partial charge in [-0.2, -0.15) is 5.10 Å². The summed E-state index contributed by atoms with van der Waals surface area (Å²) >= 11 is 0. The number of hydrogen-bond acceptors (Lipinski definition) is 4. The van der Waals surface area contributed by atoms with E-state index in [9.17, 15) is 4.79 Å². The minimum absolute atomic E-state index is 0.137. The summed E-state index contributed by atoms with van der Waals surface area (Å²) in [6.45, 7) is 0.137. The molecule has 1 aromatic heterocycles. The van der Waals surface area contributed by atoms with Gasteiger partial charge in [-0.25, -0.2) is 5.43 Å². The molecule has 0 saturated carbocycles. The van der Waals surface area contributed by atoms with Gasteiger partial charge < -0.3 is 9.15 Å². The molecule has 1 amide bonds. The largest absolute Gasteiger partial charge is 0.480 e. The lowest BCUT2D eigenvalue weighted by molar-refractivity contribution is 0.0929. The van der Waals surface area contributed by atoms with Crippen LogP contribution in [-0.2, 0) is 0 Å². The second kappa shape index (κ2) is 8.29. The molecule has 0 atom stereocenters. The maximum absolute atomic E-state index is 12.7. The quantitative estimate of drug-likeness (QED) is 0.232. The first-order valence-electron chi connectivity index (χ1n) is 10.1. The van der Waals surface area contributed by atoms with Crippen LogP contribution in [0.5, 0.6) is 5.75 Å². The summed E-state index contributed by atoms with van der Waals surface area (Å²) in [7, 11) is 0. The van der Waals surface area contributed by atoms with Crippen LogP contribution < -0.4 is 10.2 Å². The number of carbonyl (C=O) groups excluding carboxylic acids is 1. The van der Waals surface area contributed by atoms with Crippen LogP contribution in [0.25, 0.3) is 32.5 Å². The Balaban J connectivity index is 1.44. The average Bonchev–Trinajstić information content (AvgIpc) is 3.28. The third kappa shape index (κ3) is 3.55. The Kier molecular flexibility index (Phi) is 5.03. The van der Waals surface area contributed by atoms with E-state index in [0.717, 1.165) is 32.5 Å². The molecule has 0 bridgehead atoms. The summed E-state index contributed by atoms with van der Waals surface area (Å²) in [6, 6.07) is 25.2. The zero-order valence-corrected chi connectivity index (χ0v) is 17.0. The molecule has 5 aromatic rings. The number of ether oxygens (including phenoxy) is 1. The molecule has 5 heteroatoms. The lowest BCUT2D eigenvalue weighted by Crippen LogP contribution is -2.16. The van der Waals surface area contributed by atoms with Gasteiger partial charge in [0.2, 0.25) is 0 Å². The fourth-order valence-corrected chi connectivity index (χ4v) is 3.77. The van der Waals surface area contributed by atoms with Crippen LogP contribution in [0.4, 0.5) is 0 Å². The normalized spacial score (nSPS) is 11.2. The number of nitrogens with zero attached hydrogens (tertiary/aromatic N) is 1. The topological polar surface area (TPSA) is 63.8 Å². The van der Waals surface area contributed by atoms with Crippen LogP contribution in [0, 0.1) is 12.3 Å². The van der Waals surface area contributed by atoms with Crippen molar-refractivity contribution in [2.24, 2.45) is 5.10 Å². The predicted octanol–water partition coefficient (Wildman–Crippen LogP) is 5.52. The summed E-state index contributed by atoms with van der Waals surface area (Å²) in [5, 5.41) is 9.12. The van der Waals surface area contributed by atoms with Crippen molar-refractivity contribution in [3.63, 3.8) is 0 Å². The fourth-order valence-electron chi connectivity index (χ4n) is 3.77. The smallest absolute Gasteiger partial charge is 0.307 e. The molecule has 0 unspecified atom stereocenters. The van der Waals surface area contributed by atoms with Gasteiger partial charge >= 0.3 is 5.91 Å². The van der Waals surface area contributed by atoms with E-state index >= 15 is 0 Å². The summed E-state index contributed by atoms with van der Waals surface area (Å²) < 4.78 is 11.4. The molecule has 1 heterocycles. The minimum Gasteiger partial charge on any atom is -0.480 e. The fraction of sp³-hybridized carbons (Fsp3) is 0.0370. The summed E-state index contributed by atoms with van der Waals surface area (Å²) in [4.78, 5) is 12.7. The maximum Gasteiger partial charge on any atom is 0.307 e. The van der Waals surface area contributed by atoms with E-state index in [-0.39, 0.29) is 12.4 Å². The standard InChI is InChI=1S/C27H18N2O3/c1-2-15-31-24-13-11-19-8-4-6-10-21(19)23(24)17-28-29-27(30)26-16-22-20-9-5-3-7-18(20)12-14-25(22)32-26/h1,3-14,16-17H,15H2,(H,29,30). The van der Waals surface area contributed by atoms with Gasteiger partial charge in [-0.1, -0.05) is 66.6 Å². The Bertz CT molecular complexity index is 1540. The molecule has 0 aliphatic rings. The maximum atomic E-state index is 12.7. The zero-order chi connectivity index (χ0) is 21.9. The molecule has 154 valence electrons. The van der Waals surface area contributed by atoms with Gasteiger partial charge in [0.05, 0.1) is 6.21 Å². The van der Waals surface area contributed by atoms with Crippen LogP contribution >= 0.6 is 0 Å². The van der Waals surface area contributed by atoms with Crippen molar-refractivity contribution in [2.45, 2.75) is 0 Å². The van der Waals surface area contributed by atoms with E-state index in [2.05, 4.69) is 16.4 Å². The number of hydrogen-bond donors (Lipinski definition) is 1. The van der Waals surface area contributed by atoms with E-state index in [1.165, 1.54) is 0 Å². The van der Waals surface area contributed by atoms with Crippen molar-refractivity contribution in [3.8, 4) is 18.1 Å². The van der Waals surface area contributed by atoms with E-state index < -0.39 is 5.91 Å². The third-order valence-corrected chi connectivity index (χ3v) is 5.25. The predicted molar refractivity (Wildman–Crippen MR) is 127 cm³/mol. The summed E-state index contributed by atoms with van der Waals surface area (Å²) in [6.07, 6.45) is 6.89. The zero-order valence-electron chi connectivity index (χ0n) is 17.0. The third-order valence-electron chi connectivity index (χ3n) is 5.25. The molecule has 0 aliphatic heterocycles. The molecular formula is C27H18N2O3. The lowest BCUT2D eigenvalue weighted by Gasteiger charge is -2.09. The molecule has 32 heavy (non-hydrogen) atoms. The van der Waals surface area contributed by atoms with E-state index in [1.54, 1.807) is 12.3 Å². The second-order valence-electron chi connectivity index (χ2n) is 7.20. The van der Waals surface area contributed by atoms with Crippen LogP contribution in [0.1, 0.15) is 16.1 Å². The Labute approximate surface area is 184 Å². The van der Waals surface area contributed by atoms with Crippen LogP contribution in [-0.4, -0.2) is 18.7 Å². The van der Waals surface area contributed by atoms with Crippen molar-refractivity contribution in [2.75, 3.05) is 6.61 Å². The summed E-state index contributed by atoms with van der Waals surface area (Å²) in [5.74, 6) is 2.81. The molecular weight excluding hydrogens is 400 g/mol. The second-order valence-corrected chi connectivity index (χ2v) is 7.20. The first-order valence-corrected chi connectivity index (χ1v) is 10.1. The lowest BCUT2D eigenvalue weighted by atomic mass is 10.0. The van der Waals surface area contributed by atoms with Gasteiger partial charge in [0.15, 0.2) is 5.76 Å². The van der Waals surface area contributed by atoms with Gasteiger partial charge in [0, 0.05) is 10.9 Å². The molecule has 1 N–H and O–H groups in total. The highest BCUT2D eigenvalue weighted by atomic mass is 16.5. The molecule has 0 aliphatic carbocycles.